The first-order valence-corrected chi connectivity index (χ1v) is 4.85. The van der Waals surface area contributed by atoms with E-state index in [-0.39, 0.29) is 6.10 Å². The zero-order chi connectivity index (χ0) is 10.2. The van der Waals surface area contributed by atoms with Crippen LogP contribution in [0.3, 0.4) is 0 Å². The highest BCUT2D eigenvalue weighted by molar-refractivity contribution is 5.20. The maximum absolute atomic E-state index is 8.97. The van der Waals surface area contributed by atoms with Crippen LogP contribution in [0.15, 0.2) is 30.3 Å². The van der Waals surface area contributed by atoms with Gasteiger partial charge in [0.15, 0.2) is 0 Å². The molecule has 0 aliphatic heterocycles. The van der Waals surface area contributed by atoms with Crippen LogP contribution in [-0.4, -0.2) is 30.9 Å². The molecule has 0 amide bonds. The summed E-state index contributed by atoms with van der Waals surface area (Å²) >= 11 is 0. The van der Waals surface area contributed by atoms with Crippen LogP contribution >= 0.6 is 0 Å². The SMILES string of the molecule is C[C@@H](O)CNCCOc1ccccc1. The second kappa shape index (κ2) is 6.40. The lowest BCUT2D eigenvalue weighted by atomic mass is 10.3. The van der Waals surface area contributed by atoms with Gasteiger partial charge in [-0.05, 0) is 19.1 Å². The minimum atomic E-state index is -0.299. The van der Waals surface area contributed by atoms with Crippen LogP contribution in [0.4, 0.5) is 0 Å². The molecule has 14 heavy (non-hydrogen) atoms. The predicted molar refractivity (Wildman–Crippen MR) is 56.5 cm³/mol. The largest absolute Gasteiger partial charge is 0.492 e. The van der Waals surface area contributed by atoms with Crippen molar-refractivity contribution >= 4 is 0 Å². The number of ether oxygens (including phenoxy) is 1. The lowest BCUT2D eigenvalue weighted by Crippen LogP contribution is -2.28. The number of aliphatic hydroxyl groups is 1. The lowest BCUT2D eigenvalue weighted by Gasteiger charge is -2.08. The number of aliphatic hydroxyl groups excluding tert-OH is 1. The smallest absolute Gasteiger partial charge is 0.119 e. The molecule has 1 aromatic rings. The average molecular weight is 195 g/mol. The van der Waals surface area contributed by atoms with E-state index in [9.17, 15) is 0 Å². The van der Waals surface area contributed by atoms with Crippen molar-refractivity contribution in [3.05, 3.63) is 30.3 Å². The fraction of sp³-hybridized carbons (Fsp3) is 0.455. The van der Waals surface area contributed by atoms with Crippen molar-refractivity contribution in [3.8, 4) is 5.75 Å². The molecule has 1 atom stereocenters. The van der Waals surface area contributed by atoms with E-state index in [0.29, 0.717) is 13.2 Å². The fourth-order valence-corrected chi connectivity index (χ4v) is 1.07. The first kappa shape index (κ1) is 11.0. The minimum Gasteiger partial charge on any atom is -0.492 e. The average Bonchev–Trinajstić information content (AvgIpc) is 2.18. The molecule has 0 spiro atoms. The summed E-state index contributed by atoms with van der Waals surface area (Å²) in [6, 6.07) is 9.69. The molecular formula is C11H17NO2. The van der Waals surface area contributed by atoms with Crippen molar-refractivity contribution in [2.45, 2.75) is 13.0 Å². The topological polar surface area (TPSA) is 41.5 Å². The molecule has 2 N–H and O–H groups in total. The van der Waals surface area contributed by atoms with E-state index >= 15 is 0 Å². The molecule has 78 valence electrons. The Morgan fingerprint density at radius 3 is 2.71 bits per heavy atom. The maximum Gasteiger partial charge on any atom is 0.119 e. The van der Waals surface area contributed by atoms with Gasteiger partial charge in [-0.2, -0.15) is 0 Å². The van der Waals surface area contributed by atoms with Crippen LogP contribution in [0.5, 0.6) is 5.75 Å². The Morgan fingerprint density at radius 1 is 1.36 bits per heavy atom. The molecule has 3 nitrogen and oxygen atoms in total. The standard InChI is InChI=1S/C11H17NO2/c1-10(13)9-12-7-8-14-11-5-3-2-4-6-11/h2-6,10,12-13H,7-9H2,1H3/t10-/m1/s1. The van der Waals surface area contributed by atoms with E-state index in [1.54, 1.807) is 6.92 Å². The van der Waals surface area contributed by atoms with Gasteiger partial charge in [-0.1, -0.05) is 18.2 Å². The van der Waals surface area contributed by atoms with E-state index in [4.69, 9.17) is 9.84 Å². The Bertz CT molecular complexity index is 236. The molecule has 1 aromatic carbocycles. The first-order valence-electron chi connectivity index (χ1n) is 4.85. The summed E-state index contributed by atoms with van der Waals surface area (Å²) in [7, 11) is 0. The third kappa shape index (κ3) is 4.84. The molecule has 0 aliphatic carbocycles. The Morgan fingerprint density at radius 2 is 2.07 bits per heavy atom. The van der Waals surface area contributed by atoms with Crippen LogP contribution < -0.4 is 10.1 Å². The Kier molecular flexibility index (Phi) is 5.04. The highest BCUT2D eigenvalue weighted by Gasteiger charge is 1.94. The Labute approximate surface area is 84.7 Å². The lowest BCUT2D eigenvalue weighted by molar-refractivity contribution is 0.188. The quantitative estimate of drug-likeness (QED) is 0.666. The fourth-order valence-electron chi connectivity index (χ4n) is 1.07. The number of benzene rings is 1. The molecular weight excluding hydrogens is 178 g/mol. The van der Waals surface area contributed by atoms with Gasteiger partial charge in [0.25, 0.3) is 0 Å². The predicted octanol–water partition coefficient (Wildman–Crippen LogP) is 1.04. The second-order valence-corrected chi connectivity index (χ2v) is 3.21. The molecule has 0 saturated heterocycles. The number of hydrogen-bond acceptors (Lipinski definition) is 3. The summed E-state index contributed by atoms with van der Waals surface area (Å²) < 4.78 is 5.44. The van der Waals surface area contributed by atoms with Gasteiger partial charge in [-0.3, -0.25) is 0 Å². The minimum absolute atomic E-state index is 0.299. The summed E-state index contributed by atoms with van der Waals surface area (Å²) in [5.74, 6) is 0.881. The van der Waals surface area contributed by atoms with Gasteiger partial charge in [-0.25, -0.2) is 0 Å². The van der Waals surface area contributed by atoms with Crippen LogP contribution in [0.25, 0.3) is 0 Å². The van der Waals surface area contributed by atoms with Crippen LogP contribution in [0.2, 0.25) is 0 Å². The van der Waals surface area contributed by atoms with Crippen molar-refractivity contribution in [1.29, 1.82) is 0 Å². The second-order valence-electron chi connectivity index (χ2n) is 3.21. The van der Waals surface area contributed by atoms with Gasteiger partial charge in [-0.15, -0.1) is 0 Å². The van der Waals surface area contributed by atoms with Gasteiger partial charge in [0.05, 0.1) is 6.10 Å². The van der Waals surface area contributed by atoms with Gasteiger partial charge >= 0.3 is 0 Å². The molecule has 0 heterocycles. The highest BCUT2D eigenvalue weighted by Crippen LogP contribution is 2.07. The third-order valence-corrected chi connectivity index (χ3v) is 1.73. The van der Waals surface area contributed by atoms with Crippen LogP contribution in [-0.2, 0) is 0 Å². The Balaban J connectivity index is 2.05. The maximum atomic E-state index is 8.97. The summed E-state index contributed by atoms with van der Waals surface area (Å²) in [6.07, 6.45) is -0.299. The van der Waals surface area contributed by atoms with E-state index in [1.807, 2.05) is 30.3 Å². The molecule has 3 heteroatoms. The van der Waals surface area contributed by atoms with Gasteiger partial charge in [0, 0.05) is 13.1 Å². The monoisotopic (exact) mass is 195 g/mol. The van der Waals surface area contributed by atoms with E-state index < -0.39 is 0 Å². The van der Waals surface area contributed by atoms with Gasteiger partial charge in [0.1, 0.15) is 12.4 Å². The molecule has 1 rings (SSSR count). The molecule has 0 bridgehead atoms. The number of hydrogen-bond donors (Lipinski definition) is 2. The number of rotatable bonds is 6. The molecule has 0 aliphatic rings. The molecule has 0 radical (unpaired) electrons. The summed E-state index contributed by atoms with van der Waals surface area (Å²) in [6.45, 7) is 3.74. The van der Waals surface area contributed by atoms with Crippen molar-refractivity contribution in [1.82, 2.24) is 5.32 Å². The van der Waals surface area contributed by atoms with Gasteiger partial charge in [0.2, 0.25) is 0 Å². The Hall–Kier alpha value is -1.06. The number of nitrogens with one attached hydrogen (secondary N) is 1. The summed E-state index contributed by atoms with van der Waals surface area (Å²) in [5.41, 5.74) is 0. The molecule has 0 aromatic heterocycles. The molecule has 0 unspecified atom stereocenters. The van der Waals surface area contributed by atoms with E-state index in [1.165, 1.54) is 0 Å². The number of para-hydroxylation sites is 1. The zero-order valence-corrected chi connectivity index (χ0v) is 8.44. The van der Waals surface area contributed by atoms with E-state index in [2.05, 4.69) is 5.32 Å². The van der Waals surface area contributed by atoms with Crippen molar-refractivity contribution in [2.75, 3.05) is 19.7 Å². The van der Waals surface area contributed by atoms with Crippen LogP contribution in [0.1, 0.15) is 6.92 Å². The van der Waals surface area contributed by atoms with Gasteiger partial charge < -0.3 is 15.2 Å². The highest BCUT2D eigenvalue weighted by atomic mass is 16.5. The van der Waals surface area contributed by atoms with Crippen LogP contribution in [0, 0.1) is 0 Å². The van der Waals surface area contributed by atoms with Crippen molar-refractivity contribution < 1.29 is 9.84 Å². The van der Waals surface area contributed by atoms with E-state index in [0.717, 1.165) is 12.3 Å². The van der Waals surface area contributed by atoms with Crippen molar-refractivity contribution in [3.63, 3.8) is 0 Å². The molecule has 0 saturated carbocycles. The third-order valence-electron chi connectivity index (χ3n) is 1.73. The normalized spacial score (nSPS) is 12.4. The summed E-state index contributed by atoms with van der Waals surface area (Å²) in [5, 5.41) is 12.0. The first-order chi connectivity index (χ1) is 6.79. The summed E-state index contributed by atoms with van der Waals surface area (Å²) in [4.78, 5) is 0. The van der Waals surface area contributed by atoms with Crippen molar-refractivity contribution in [2.24, 2.45) is 0 Å². The zero-order valence-electron chi connectivity index (χ0n) is 8.44. The molecule has 0 fully saturated rings.